The molecule has 7 nitrogen and oxygen atoms in total. The summed E-state index contributed by atoms with van der Waals surface area (Å²) in [5.74, 6) is 1.77. The number of rotatable bonds is 6. The number of carbonyl (C=O) groups is 1. The van der Waals surface area contributed by atoms with Crippen molar-refractivity contribution in [3.63, 3.8) is 0 Å². The number of hydrogen-bond acceptors (Lipinski definition) is 6. The van der Waals surface area contributed by atoms with Gasteiger partial charge in [0, 0.05) is 31.4 Å². The zero-order valence-corrected chi connectivity index (χ0v) is 18.4. The lowest BCUT2D eigenvalue weighted by molar-refractivity contribution is -0.154. The molecular weight excluding hydrogens is 404 g/mol. The number of likely N-dealkylation sites (tertiary alicyclic amines) is 1. The number of carbonyl (C=O) groups excluding carboxylic acids is 1. The van der Waals surface area contributed by atoms with E-state index in [9.17, 15) is 4.79 Å². The van der Waals surface area contributed by atoms with Crippen molar-refractivity contribution in [2.75, 3.05) is 31.7 Å². The van der Waals surface area contributed by atoms with Crippen LogP contribution in [0, 0.1) is 11.3 Å². The van der Waals surface area contributed by atoms with Crippen LogP contribution >= 0.6 is 0 Å². The molecule has 166 valence electrons. The van der Waals surface area contributed by atoms with E-state index in [0.29, 0.717) is 18.7 Å². The highest BCUT2D eigenvalue weighted by atomic mass is 16.5. The van der Waals surface area contributed by atoms with Crippen molar-refractivity contribution in [3.05, 3.63) is 53.7 Å². The maximum atomic E-state index is 13.1. The van der Waals surface area contributed by atoms with Crippen molar-refractivity contribution in [1.82, 2.24) is 9.88 Å². The standard InChI is InChI=1S/C25H28N4O3/c1-31-22-5-2-4-19(12-22)25(10-3-11-25)32-17-24(30)28-15-20-7-8-21(16-28)29(20)23-9-6-18(13-26)14-27-23/h2,4-6,9,12,14,20-21H,3,7-8,10-11,15-17H2,1H3. The van der Waals surface area contributed by atoms with Gasteiger partial charge in [-0.25, -0.2) is 4.98 Å². The zero-order valence-electron chi connectivity index (χ0n) is 18.4. The third kappa shape index (κ3) is 3.69. The number of fused-ring (bicyclic) bond motifs is 2. The Morgan fingerprint density at radius 2 is 2.00 bits per heavy atom. The summed E-state index contributed by atoms with van der Waals surface area (Å²) >= 11 is 0. The van der Waals surface area contributed by atoms with Gasteiger partial charge in [-0.05, 0) is 61.9 Å². The first kappa shape index (κ1) is 20.8. The largest absolute Gasteiger partial charge is 0.497 e. The molecule has 32 heavy (non-hydrogen) atoms. The molecule has 3 fully saturated rings. The number of nitrogens with zero attached hydrogens (tertiary/aromatic N) is 4. The van der Waals surface area contributed by atoms with Crippen molar-refractivity contribution in [3.8, 4) is 11.8 Å². The minimum Gasteiger partial charge on any atom is -0.497 e. The van der Waals surface area contributed by atoms with E-state index in [-0.39, 0.29) is 30.2 Å². The van der Waals surface area contributed by atoms with Gasteiger partial charge in [-0.3, -0.25) is 4.79 Å². The Bertz CT molecular complexity index is 1010. The van der Waals surface area contributed by atoms with Crippen molar-refractivity contribution in [1.29, 1.82) is 5.26 Å². The molecule has 2 aromatic rings. The Balaban J connectivity index is 1.23. The summed E-state index contributed by atoms with van der Waals surface area (Å²) in [6, 6.07) is 14.4. The minimum absolute atomic E-state index is 0.0588. The lowest BCUT2D eigenvalue weighted by Gasteiger charge is -2.44. The Hall–Kier alpha value is -3.11. The van der Waals surface area contributed by atoms with E-state index in [0.717, 1.165) is 49.2 Å². The van der Waals surface area contributed by atoms with Gasteiger partial charge in [0.2, 0.25) is 5.91 Å². The fraction of sp³-hybridized carbons (Fsp3) is 0.480. The topological polar surface area (TPSA) is 78.7 Å². The van der Waals surface area contributed by atoms with Crippen LogP contribution in [0.2, 0.25) is 0 Å². The summed E-state index contributed by atoms with van der Waals surface area (Å²) in [5, 5.41) is 9.01. The molecule has 1 saturated carbocycles. The van der Waals surface area contributed by atoms with E-state index in [1.54, 1.807) is 13.3 Å². The molecule has 3 heterocycles. The van der Waals surface area contributed by atoms with Gasteiger partial charge >= 0.3 is 0 Å². The van der Waals surface area contributed by atoms with E-state index in [4.69, 9.17) is 14.7 Å². The van der Waals surface area contributed by atoms with Crippen molar-refractivity contribution < 1.29 is 14.3 Å². The highest BCUT2D eigenvalue weighted by Gasteiger charge is 2.44. The van der Waals surface area contributed by atoms with E-state index in [2.05, 4.69) is 22.0 Å². The second kappa shape index (κ2) is 8.44. The highest BCUT2D eigenvalue weighted by Crippen LogP contribution is 2.45. The number of amides is 1. The van der Waals surface area contributed by atoms with Crippen LogP contribution in [0.4, 0.5) is 5.82 Å². The van der Waals surface area contributed by atoms with Crippen LogP contribution in [0.3, 0.4) is 0 Å². The van der Waals surface area contributed by atoms with Crippen LogP contribution in [0.5, 0.6) is 5.75 Å². The molecule has 5 rings (SSSR count). The van der Waals surface area contributed by atoms with Gasteiger partial charge in [0.05, 0.1) is 18.3 Å². The Kier molecular flexibility index (Phi) is 5.48. The first-order valence-electron chi connectivity index (χ1n) is 11.3. The number of benzene rings is 1. The van der Waals surface area contributed by atoms with Crippen LogP contribution in [0.25, 0.3) is 0 Å². The molecule has 2 atom stereocenters. The number of piperazine rings is 1. The van der Waals surface area contributed by atoms with Gasteiger partial charge in [0.25, 0.3) is 0 Å². The third-order valence-corrected chi connectivity index (χ3v) is 7.21. The van der Waals surface area contributed by atoms with Crippen molar-refractivity contribution in [2.24, 2.45) is 0 Å². The molecule has 2 unspecified atom stereocenters. The molecule has 2 bridgehead atoms. The number of hydrogen-bond donors (Lipinski definition) is 0. The molecule has 1 aromatic heterocycles. The third-order valence-electron chi connectivity index (χ3n) is 7.21. The molecule has 3 aliphatic rings. The van der Waals surface area contributed by atoms with Gasteiger partial charge < -0.3 is 19.3 Å². The molecule has 2 aliphatic heterocycles. The van der Waals surface area contributed by atoms with E-state index < -0.39 is 0 Å². The summed E-state index contributed by atoms with van der Waals surface area (Å²) in [6.07, 6.45) is 6.67. The van der Waals surface area contributed by atoms with Gasteiger partial charge in [0.15, 0.2) is 0 Å². The van der Waals surface area contributed by atoms with Crippen LogP contribution in [0.15, 0.2) is 42.6 Å². The number of nitriles is 1. The molecule has 7 heteroatoms. The maximum Gasteiger partial charge on any atom is 0.248 e. The van der Waals surface area contributed by atoms with Crippen LogP contribution in [-0.2, 0) is 15.1 Å². The monoisotopic (exact) mass is 432 g/mol. The molecule has 0 N–H and O–H groups in total. The quantitative estimate of drug-likeness (QED) is 0.697. The number of ether oxygens (including phenoxy) is 2. The molecular formula is C25H28N4O3. The van der Waals surface area contributed by atoms with Gasteiger partial charge in [-0.1, -0.05) is 12.1 Å². The summed E-state index contributed by atoms with van der Waals surface area (Å²) in [4.78, 5) is 21.9. The number of aromatic nitrogens is 1. The molecule has 2 saturated heterocycles. The van der Waals surface area contributed by atoms with Gasteiger partial charge in [0.1, 0.15) is 24.2 Å². The van der Waals surface area contributed by atoms with Crippen LogP contribution < -0.4 is 9.64 Å². The lowest BCUT2D eigenvalue weighted by Crippen LogP contribution is -2.56. The number of methoxy groups -OCH3 is 1. The number of pyridine rings is 1. The number of anilines is 1. The van der Waals surface area contributed by atoms with Crippen LogP contribution in [-0.4, -0.2) is 54.7 Å². The van der Waals surface area contributed by atoms with E-state index >= 15 is 0 Å². The SMILES string of the molecule is COc1cccc(C2(OCC(=O)N3CC4CCC(C3)N4c3ccc(C#N)cn3)CCC2)c1. The summed E-state index contributed by atoms with van der Waals surface area (Å²) < 4.78 is 11.7. The summed E-state index contributed by atoms with van der Waals surface area (Å²) in [6.45, 7) is 1.48. The second-order valence-electron chi connectivity index (χ2n) is 8.98. The summed E-state index contributed by atoms with van der Waals surface area (Å²) in [7, 11) is 1.66. The first-order chi connectivity index (χ1) is 15.6. The zero-order chi connectivity index (χ0) is 22.1. The normalized spacial score (nSPS) is 23.4. The Morgan fingerprint density at radius 1 is 1.22 bits per heavy atom. The predicted molar refractivity (Wildman–Crippen MR) is 119 cm³/mol. The molecule has 1 aliphatic carbocycles. The second-order valence-corrected chi connectivity index (χ2v) is 8.98. The lowest BCUT2D eigenvalue weighted by atomic mass is 9.75. The fourth-order valence-corrected chi connectivity index (χ4v) is 5.30. The van der Waals surface area contributed by atoms with Crippen LogP contribution in [0.1, 0.15) is 43.2 Å². The smallest absolute Gasteiger partial charge is 0.248 e. The first-order valence-corrected chi connectivity index (χ1v) is 11.3. The minimum atomic E-state index is -0.378. The highest BCUT2D eigenvalue weighted by molar-refractivity contribution is 5.78. The van der Waals surface area contributed by atoms with E-state index in [1.165, 1.54) is 0 Å². The van der Waals surface area contributed by atoms with E-state index in [1.807, 2.05) is 35.2 Å². The van der Waals surface area contributed by atoms with Gasteiger partial charge in [-0.2, -0.15) is 5.26 Å². The van der Waals surface area contributed by atoms with Gasteiger partial charge in [-0.15, -0.1) is 0 Å². The molecule has 1 aromatic carbocycles. The average Bonchev–Trinajstić information content (AvgIpc) is 3.07. The molecule has 1 amide bonds. The van der Waals surface area contributed by atoms with Crippen molar-refractivity contribution in [2.45, 2.75) is 49.8 Å². The predicted octanol–water partition coefficient (Wildman–Crippen LogP) is 3.24. The Labute approximate surface area is 188 Å². The molecule has 0 spiro atoms. The average molecular weight is 433 g/mol. The maximum absolute atomic E-state index is 13.1. The Morgan fingerprint density at radius 3 is 2.59 bits per heavy atom. The van der Waals surface area contributed by atoms with Crippen molar-refractivity contribution >= 4 is 11.7 Å². The fourth-order valence-electron chi connectivity index (χ4n) is 5.30. The summed E-state index contributed by atoms with van der Waals surface area (Å²) in [5.41, 5.74) is 1.28. The molecule has 0 radical (unpaired) electrons.